The maximum atomic E-state index is 8.07. The minimum absolute atomic E-state index is 0. The zero-order valence-corrected chi connectivity index (χ0v) is 4.81. The van der Waals surface area contributed by atoms with Crippen molar-refractivity contribution in [1.82, 2.24) is 0 Å². The van der Waals surface area contributed by atoms with Crippen molar-refractivity contribution in [3.8, 4) is 0 Å². The molecule has 0 atom stereocenters. The SMILES string of the molecule is CCCCO.[Cu]. The molecular weight excluding hydrogens is 128 g/mol. The topological polar surface area (TPSA) is 20.2 Å². The van der Waals surface area contributed by atoms with Crippen molar-refractivity contribution in [2.24, 2.45) is 0 Å². The van der Waals surface area contributed by atoms with Gasteiger partial charge in [-0.25, -0.2) is 0 Å². The van der Waals surface area contributed by atoms with Crippen LogP contribution in [0.5, 0.6) is 0 Å². The molecule has 1 radical (unpaired) electrons. The zero-order valence-electron chi connectivity index (χ0n) is 3.87. The second kappa shape index (κ2) is 9.08. The fourth-order valence-corrected chi connectivity index (χ4v) is 0.158. The summed E-state index contributed by atoms with van der Waals surface area (Å²) in [5.41, 5.74) is 0. The van der Waals surface area contributed by atoms with Crippen LogP contribution in [0.1, 0.15) is 19.8 Å². The molecule has 2 heteroatoms. The van der Waals surface area contributed by atoms with Crippen LogP contribution in [0.4, 0.5) is 0 Å². The number of hydrogen-bond acceptors (Lipinski definition) is 1. The third-order valence-corrected chi connectivity index (χ3v) is 0.512. The summed E-state index contributed by atoms with van der Waals surface area (Å²) < 4.78 is 0. The first-order valence-electron chi connectivity index (χ1n) is 2.02. The first-order valence-corrected chi connectivity index (χ1v) is 2.02. The second-order valence-electron chi connectivity index (χ2n) is 1.08. The second-order valence-corrected chi connectivity index (χ2v) is 1.08. The van der Waals surface area contributed by atoms with E-state index in [0.717, 1.165) is 12.8 Å². The molecule has 0 aliphatic heterocycles. The third-order valence-electron chi connectivity index (χ3n) is 0.512. The maximum Gasteiger partial charge on any atom is 0.0430 e. The predicted octanol–water partition coefficient (Wildman–Crippen LogP) is 0.776. The Morgan fingerprint density at radius 1 is 1.50 bits per heavy atom. The summed E-state index contributed by atoms with van der Waals surface area (Å²) in [6.45, 7) is 2.40. The average Bonchev–Trinajstić information content (AvgIpc) is 1.41. The Morgan fingerprint density at radius 2 is 2.00 bits per heavy atom. The van der Waals surface area contributed by atoms with Crippen molar-refractivity contribution in [2.45, 2.75) is 19.8 Å². The van der Waals surface area contributed by atoms with Crippen molar-refractivity contribution >= 4 is 0 Å². The van der Waals surface area contributed by atoms with Crippen molar-refractivity contribution in [3.05, 3.63) is 0 Å². The molecule has 0 saturated heterocycles. The van der Waals surface area contributed by atoms with Gasteiger partial charge in [-0.15, -0.1) is 0 Å². The first kappa shape index (κ1) is 9.70. The summed E-state index contributed by atoms with van der Waals surface area (Å²) in [7, 11) is 0. The largest absolute Gasteiger partial charge is 0.396 e. The summed E-state index contributed by atoms with van der Waals surface area (Å²) in [6.07, 6.45) is 2.04. The summed E-state index contributed by atoms with van der Waals surface area (Å²) >= 11 is 0. The molecule has 43 valence electrons. The molecule has 0 fully saturated rings. The average molecular weight is 138 g/mol. The molecule has 0 aliphatic carbocycles. The van der Waals surface area contributed by atoms with Gasteiger partial charge in [-0.05, 0) is 6.42 Å². The predicted molar refractivity (Wildman–Crippen MR) is 22.0 cm³/mol. The monoisotopic (exact) mass is 137 g/mol. The van der Waals surface area contributed by atoms with Crippen LogP contribution in [0.25, 0.3) is 0 Å². The fourth-order valence-electron chi connectivity index (χ4n) is 0.158. The van der Waals surface area contributed by atoms with Crippen LogP contribution < -0.4 is 0 Å². The number of unbranched alkanes of at least 4 members (excludes halogenated alkanes) is 1. The molecule has 0 aromatic rings. The van der Waals surface area contributed by atoms with Gasteiger partial charge in [0.1, 0.15) is 0 Å². The molecule has 0 unspecified atom stereocenters. The zero-order chi connectivity index (χ0) is 4.12. The number of hydrogen-bond donors (Lipinski definition) is 1. The molecule has 0 aromatic heterocycles. The molecule has 0 aromatic carbocycles. The van der Waals surface area contributed by atoms with Crippen molar-refractivity contribution in [3.63, 3.8) is 0 Å². The van der Waals surface area contributed by atoms with E-state index in [0.29, 0.717) is 6.61 Å². The Morgan fingerprint density at radius 3 is 2.00 bits per heavy atom. The van der Waals surface area contributed by atoms with E-state index in [1.54, 1.807) is 0 Å². The van der Waals surface area contributed by atoms with Crippen molar-refractivity contribution in [1.29, 1.82) is 0 Å². The molecule has 0 amide bonds. The van der Waals surface area contributed by atoms with Gasteiger partial charge < -0.3 is 5.11 Å². The summed E-state index contributed by atoms with van der Waals surface area (Å²) in [5.74, 6) is 0. The van der Waals surface area contributed by atoms with Crippen LogP contribution in [0.2, 0.25) is 0 Å². The van der Waals surface area contributed by atoms with Gasteiger partial charge in [0.25, 0.3) is 0 Å². The molecule has 0 saturated carbocycles. The van der Waals surface area contributed by atoms with E-state index >= 15 is 0 Å². The smallest absolute Gasteiger partial charge is 0.0430 e. The molecule has 0 aliphatic rings. The third kappa shape index (κ3) is 8.82. The van der Waals surface area contributed by atoms with Crippen LogP contribution >= 0.6 is 0 Å². The standard InChI is InChI=1S/C4H10O.Cu/c1-2-3-4-5;/h5H,2-4H2,1H3;. The van der Waals surface area contributed by atoms with E-state index in [4.69, 9.17) is 5.11 Å². The quantitative estimate of drug-likeness (QED) is 0.558. The van der Waals surface area contributed by atoms with E-state index in [-0.39, 0.29) is 17.1 Å². The molecule has 6 heavy (non-hydrogen) atoms. The van der Waals surface area contributed by atoms with Gasteiger partial charge in [0.2, 0.25) is 0 Å². The van der Waals surface area contributed by atoms with Crippen LogP contribution in [-0.4, -0.2) is 11.7 Å². The van der Waals surface area contributed by atoms with E-state index in [9.17, 15) is 0 Å². The number of aliphatic hydroxyl groups is 1. The van der Waals surface area contributed by atoms with Gasteiger partial charge in [0.05, 0.1) is 0 Å². The fraction of sp³-hybridized carbons (Fsp3) is 1.00. The van der Waals surface area contributed by atoms with Gasteiger partial charge in [-0.1, -0.05) is 13.3 Å². The molecule has 1 N–H and O–H groups in total. The van der Waals surface area contributed by atoms with Crippen LogP contribution in [-0.2, 0) is 17.1 Å². The van der Waals surface area contributed by atoms with Crippen LogP contribution in [0, 0.1) is 0 Å². The Kier molecular flexibility index (Phi) is 14.7. The Hall–Kier alpha value is 0.479. The van der Waals surface area contributed by atoms with Gasteiger partial charge >= 0.3 is 0 Å². The number of aliphatic hydroxyl groups excluding tert-OH is 1. The first-order chi connectivity index (χ1) is 2.41. The van der Waals surface area contributed by atoms with Gasteiger partial charge in [-0.2, -0.15) is 0 Å². The minimum Gasteiger partial charge on any atom is -0.396 e. The molecule has 0 rings (SSSR count). The Labute approximate surface area is 49.2 Å². The molecule has 0 spiro atoms. The van der Waals surface area contributed by atoms with E-state index in [1.807, 2.05) is 0 Å². The maximum absolute atomic E-state index is 8.07. The summed E-state index contributed by atoms with van der Waals surface area (Å²) in [6, 6.07) is 0. The number of rotatable bonds is 2. The van der Waals surface area contributed by atoms with E-state index < -0.39 is 0 Å². The molecule has 1 nitrogen and oxygen atoms in total. The minimum atomic E-state index is 0. The van der Waals surface area contributed by atoms with Crippen molar-refractivity contribution < 1.29 is 22.2 Å². The van der Waals surface area contributed by atoms with E-state index in [1.165, 1.54) is 0 Å². The van der Waals surface area contributed by atoms with Gasteiger partial charge in [0, 0.05) is 23.7 Å². The molecule has 0 bridgehead atoms. The summed E-state index contributed by atoms with van der Waals surface area (Å²) in [4.78, 5) is 0. The Bertz CT molecular complexity index is 15.0. The Balaban J connectivity index is 0. The van der Waals surface area contributed by atoms with Gasteiger partial charge in [-0.3, -0.25) is 0 Å². The van der Waals surface area contributed by atoms with Crippen LogP contribution in [0.3, 0.4) is 0 Å². The molecule has 0 heterocycles. The van der Waals surface area contributed by atoms with Crippen LogP contribution in [0.15, 0.2) is 0 Å². The molecular formula is C4H10CuO. The van der Waals surface area contributed by atoms with Gasteiger partial charge in [0.15, 0.2) is 0 Å². The van der Waals surface area contributed by atoms with E-state index in [2.05, 4.69) is 6.92 Å². The normalized spacial score (nSPS) is 7.00. The van der Waals surface area contributed by atoms with Crippen molar-refractivity contribution in [2.75, 3.05) is 6.61 Å². The summed E-state index contributed by atoms with van der Waals surface area (Å²) in [5, 5.41) is 8.07.